The number of nitrogens with zero attached hydrogens (tertiary/aromatic N) is 2. The lowest BCUT2D eigenvalue weighted by Crippen LogP contribution is -2.48. The molecule has 1 aliphatic rings. The molecule has 0 spiro atoms. The molecule has 0 unspecified atom stereocenters. The van der Waals surface area contributed by atoms with Crippen molar-refractivity contribution in [3.8, 4) is 5.75 Å². The van der Waals surface area contributed by atoms with Gasteiger partial charge < -0.3 is 23.6 Å². The van der Waals surface area contributed by atoms with Gasteiger partial charge in [0.15, 0.2) is 16.6 Å². The molecule has 1 N–H and O–H groups in total. The van der Waals surface area contributed by atoms with E-state index in [1.54, 1.807) is 11.7 Å². The van der Waals surface area contributed by atoms with Crippen molar-refractivity contribution in [3.63, 3.8) is 0 Å². The molecule has 1 aromatic heterocycles. The van der Waals surface area contributed by atoms with Crippen molar-refractivity contribution in [1.29, 1.82) is 0 Å². The van der Waals surface area contributed by atoms with E-state index in [4.69, 9.17) is 23.3 Å². The highest BCUT2D eigenvalue weighted by molar-refractivity contribution is 14.1. The smallest absolute Gasteiger partial charge is 0.351 e. The molecule has 52 heavy (non-hydrogen) atoms. The molecule has 1 saturated heterocycles. The molecule has 5 rings (SSSR count). The molecule has 0 radical (unpaired) electrons. The van der Waals surface area contributed by atoms with E-state index in [9.17, 15) is 4.79 Å². The van der Waals surface area contributed by atoms with Crippen molar-refractivity contribution in [3.05, 3.63) is 122 Å². The minimum absolute atomic E-state index is 0.0188. The minimum atomic E-state index is -2.16. The second-order valence-electron chi connectivity index (χ2n) is 16.8. The Morgan fingerprint density at radius 2 is 1.35 bits per heavy atom. The van der Waals surface area contributed by atoms with E-state index < -0.39 is 34.1 Å². The summed E-state index contributed by atoms with van der Waals surface area (Å²) < 4.78 is 28.3. The van der Waals surface area contributed by atoms with Gasteiger partial charge in [0.2, 0.25) is 0 Å². The Bertz CT molecular complexity index is 1820. The molecule has 0 amide bonds. The number of anilines is 1. The van der Waals surface area contributed by atoms with Crippen molar-refractivity contribution in [2.75, 3.05) is 19.0 Å². The van der Waals surface area contributed by atoms with Crippen molar-refractivity contribution >= 4 is 45.0 Å². The highest BCUT2D eigenvalue weighted by Crippen LogP contribution is 2.44. The molecule has 2 heterocycles. The number of aromatic nitrogens is 2. The highest BCUT2D eigenvalue weighted by Gasteiger charge is 2.47. The third-order valence-electron chi connectivity index (χ3n) is 11.3. The number of hydrogen-bond donors (Lipinski definition) is 1. The van der Waals surface area contributed by atoms with E-state index in [1.165, 1.54) is 0 Å². The number of hydrogen-bond acceptors (Lipinski definition) is 7. The molecule has 8 nitrogen and oxygen atoms in total. The van der Waals surface area contributed by atoms with Gasteiger partial charge in [0, 0.05) is 12.6 Å². The highest BCUT2D eigenvalue weighted by atomic mass is 127. The van der Waals surface area contributed by atoms with Crippen LogP contribution in [0.1, 0.15) is 70.9 Å². The fourth-order valence-corrected chi connectivity index (χ4v) is 8.99. The first-order chi connectivity index (χ1) is 24.3. The Labute approximate surface area is 326 Å². The minimum Gasteiger partial charge on any atom is -0.497 e. The van der Waals surface area contributed by atoms with Crippen LogP contribution in [0.15, 0.2) is 95.9 Å². The van der Waals surface area contributed by atoms with Crippen LogP contribution in [-0.2, 0) is 19.1 Å². The summed E-state index contributed by atoms with van der Waals surface area (Å²) in [4.78, 5) is 18.8. The van der Waals surface area contributed by atoms with Crippen molar-refractivity contribution in [1.82, 2.24) is 9.55 Å². The number of benzene rings is 3. The van der Waals surface area contributed by atoms with Crippen LogP contribution >= 0.6 is 22.6 Å². The summed E-state index contributed by atoms with van der Waals surface area (Å²) >= 11 is 2.27. The first-order valence-corrected chi connectivity index (χ1v) is 25.0. The average Bonchev–Trinajstić information content (AvgIpc) is 3.48. The van der Waals surface area contributed by atoms with Crippen molar-refractivity contribution in [2.24, 2.45) is 0 Å². The molecule has 4 aromatic rings. The van der Waals surface area contributed by atoms with Crippen LogP contribution in [0.2, 0.25) is 36.3 Å². The Balaban J connectivity index is 1.54. The normalized spacial score (nSPS) is 18.7. The summed E-state index contributed by atoms with van der Waals surface area (Å²) in [6, 6.07) is 28.5. The molecular formula is C41H56IN3O5Si2. The number of rotatable bonds is 12. The van der Waals surface area contributed by atoms with Gasteiger partial charge in [-0.05, 0) is 87.7 Å². The predicted octanol–water partition coefficient (Wildman–Crippen LogP) is 9.96. The van der Waals surface area contributed by atoms with Gasteiger partial charge >= 0.3 is 5.69 Å². The topological polar surface area (TPSA) is 83.8 Å². The van der Waals surface area contributed by atoms with Gasteiger partial charge in [-0.1, -0.05) is 114 Å². The molecule has 0 saturated carbocycles. The fourth-order valence-electron chi connectivity index (χ4n) is 6.06. The zero-order chi connectivity index (χ0) is 38.1. The van der Waals surface area contributed by atoms with Gasteiger partial charge in [-0.2, -0.15) is 4.98 Å². The second-order valence-corrected chi connectivity index (χ2v) is 27.5. The van der Waals surface area contributed by atoms with Crippen molar-refractivity contribution in [2.45, 2.75) is 108 Å². The quantitative estimate of drug-likeness (QED) is 0.0864. The zero-order valence-corrected chi connectivity index (χ0v) is 36.8. The standard InChI is InChI=1S/C41H56IN3O5Si2/c1-39(2,3)51(8,9)48-28-35-34(50-52(10,11)40(4,5)6)26-36(49-35)45-27-33(42)37(43-38(45)46)44-41(29-18-14-12-15-19-29,30-20-16-13-17-21-30)31-22-24-32(47-7)25-23-31/h12-25,27,34-36H,26,28H2,1-11H3,(H,43,44,46)/t34-,35+,36-/m0/s1. The van der Waals surface area contributed by atoms with Gasteiger partial charge in [-0.3, -0.25) is 4.57 Å². The summed E-state index contributed by atoms with van der Waals surface area (Å²) in [6.07, 6.45) is 1.33. The van der Waals surface area contributed by atoms with Crippen LogP contribution in [0.25, 0.3) is 0 Å². The van der Waals surface area contributed by atoms with Crippen LogP contribution in [0.3, 0.4) is 0 Å². The van der Waals surface area contributed by atoms with Gasteiger partial charge in [0.05, 0.1) is 23.4 Å². The maximum atomic E-state index is 14.1. The summed E-state index contributed by atoms with van der Waals surface area (Å²) in [5.41, 5.74) is 1.71. The SMILES string of the molecule is COc1ccc(C(Nc2nc(=O)n([C@@H]3C[C@H](O[Si](C)(C)C(C)(C)C)[C@@H](CO[Si](C)(C)C(C)(C)C)O3)cc2I)(c2ccccc2)c2ccccc2)cc1. The Hall–Kier alpha value is -2.82. The lowest BCUT2D eigenvalue weighted by molar-refractivity contribution is -0.0412. The first kappa shape index (κ1) is 40.4. The maximum Gasteiger partial charge on any atom is 0.351 e. The number of nitrogens with one attached hydrogen (secondary N) is 1. The van der Waals surface area contributed by atoms with Crippen LogP contribution in [0.4, 0.5) is 5.82 Å². The number of ether oxygens (including phenoxy) is 2. The van der Waals surface area contributed by atoms with E-state index in [2.05, 4.69) is 132 Å². The number of methoxy groups -OCH3 is 1. The van der Waals surface area contributed by atoms with E-state index >= 15 is 0 Å². The molecular weight excluding hydrogens is 798 g/mol. The van der Waals surface area contributed by atoms with Crippen LogP contribution < -0.4 is 15.7 Å². The second kappa shape index (κ2) is 15.5. The van der Waals surface area contributed by atoms with Gasteiger partial charge in [-0.15, -0.1) is 0 Å². The largest absolute Gasteiger partial charge is 0.497 e. The van der Waals surface area contributed by atoms with Gasteiger partial charge in [0.1, 0.15) is 29.4 Å². The Kier molecular flexibility index (Phi) is 12.0. The third-order valence-corrected chi connectivity index (χ3v) is 21.1. The van der Waals surface area contributed by atoms with E-state index in [-0.39, 0.29) is 22.3 Å². The Morgan fingerprint density at radius 3 is 1.85 bits per heavy atom. The van der Waals surface area contributed by atoms with Crippen LogP contribution in [0, 0.1) is 3.57 Å². The maximum absolute atomic E-state index is 14.1. The molecule has 0 bridgehead atoms. The van der Waals surface area contributed by atoms with E-state index in [1.807, 2.05) is 54.7 Å². The average molecular weight is 854 g/mol. The lowest BCUT2D eigenvalue weighted by atomic mass is 9.77. The fraction of sp³-hybridized carbons (Fsp3) is 0.463. The van der Waals surface area contributed by atoms with Gasteiger partial charge in [-0.25, -0.2) is 4.79 Å². The molecule has 0 aliphatic carbocycles. The summed E-state index contributed by atoms with van der Waals surface area (Å²) in [6.45, 7) is 22.9. The summed E-state index contributed by atoms with van der Waals surface area (Å²) in [5.74, 6) is 1.24. The molecule has 3 aromatic carbocycles. The van der Waals surface area contributed by atoms with Crippen LogP contribution in [0.5, 0.6) is 5.75 Å². The summed E-state index contributed by atoms with van der Waals surface area (Å²) in [7, 11) is -2.56. The molecule has 1 fully saturated rings. The van der Waals surface area contributed by atoms with Crippen molar-refractivity contribution < 1.29 is 18.3 Å². The lowest BCUT2D eigenvalue weighted by Gasteiger charge is -2.40. The molecule has 3 atom stereocenters. The number of halogens is 1. The van der Waals surface area contributed by atoms with Gasteiger partial charge in [0.25, 0.3) is 0 Å². The van der Waals surface area contributed by atoms with Crippen LogP contribution in [-0.4, -0.2) is 52.1 Å². The molecule has 280 valence electrons. The third kappa shape index (κ3) is 8.44. The Morgan fingerprint density at radius 1 is 0.827 bits per heavy atom. The van der Waals surface area contributed by atoms with E-state index in [0.29, 0.717) is 18.8 Å². The molecule has 1 aliphatic heterocycles. The monoisotopic (exact) mass is 853 g/mol. The van der Waals surface area contributed by atoms with E-state index in [0.717, 1.165) is 26.0 Å². The summed E-state index contributed by atoms with van der Waals surface area (Å²) in [5, 5.41) is 3.85. The predicted molar refractivity (Wildman–Crippen MR) is 224 cm³/mol. The molecule has 11 heteroatoms. The first-order valence-electron chi connectivity index (χ1n) is 18.1. The zero-order valence-electron chi connectivity index (χ0n) is 32.6.